The van der Waals surface area contributed by atoms with Crippen molar-refractivity contribution >= 4 is 22.9 Å². The third-order valence-electron chi connectivity index (χ3n) is 6.96. The second-order valence-corrected chi connectivity index (χ2v) is 10.6. The highest BCUT2D eigenvalue weighted by Crippen LogP contribution is 2.37. The molecule has 0 saturated heterocycles. The summed E-state index contributed by atoms with van der Waals surface area (Å²) < 4.78 is 50.8. The van der Waals surface area contributed by atoms with Gasteiger partial charge in [-0.05, 0) is 51.0 Å². The van der Waals surface area contributed by atoms with E-state index in [2.05, 4.69) is 25.8 Å². The van der Waals surface area contributed by atoms with Crippen molar-refractivity contribution in [3.63, 3.8) is 0 Å². The zero-order chi connectivity index (χ0) is 30.9. The van der Waals surface area contributed by atoms with E-state index in [1.54, 1.807) is 56.3 Å². The van der Waals surface area contributed by atoms with Crippen LogP contribution in [0.4, 0.5) is 13.2 Å². The molecule has 0 bridgehead atoms. The zero-order valence-corrected chi connectivity index (χ0v) is 23.8. The molecule has 5 rings (SSSR count). The van der Waals surface area contributed by atoms with E-state index in [1.165, 1.54) is 7.05 Å². The number of hydrogen-bond donors (Lipinski definition) is 2. The Morgan fingerprint density at radius 3 is 2.37 bits per heavy atom. The van der Waals surface area contributed by atoms with Crippen LogP contribution < -0.4 is 10.6 Å². The lowest BCUT2D eigenvalue weighted by molar-refractivity contribution is -0.134. The molecular weight excluding hydrogens is 563 g/mol. The molecule has 0 spiro atoms. The molecule has 2 amide bonds. The predicted octanol–water partition coefficient (Wildman–Crippen LogP) is 6.37. The number of aromatic nitrogens is 3. The number of hydrogen-bond acceptors (Lipinski definition) is 7. The highest BCUT2D eigenvalue weighted by molar-refractivity contribution is 6.11. The fraction of sp³-hybridized carbons (Fsp3) is 0.258. The van der Waals surface area contributed by atoms with Gasteiger partial charge in [0.2, 0.25) is 12.1 Å². The van der Waals surface area contributed by atoms with Gasteiger partial charge in [0.25, 0.3) is 11.8 Å². The van der Waals surface area contributed by atoms with Crippen molar-refractivity contribution in [1.29, 1.82) is 0 Å². The molecule has 5 aromatic rings. The lowest BCUT2D eigenvalue weighted by atomic mass is 9.96. The van der Waals surface area contributed by atoms with Gasteiger partial charge in [0, 0.05) is 30.2 Å². The summed E-state index contributed by atoms with van der Waals surface area (Å²) in [6, 6.07) is 15.3. The van der Waals surface area contributed by atoms with E-state index < -0.39 is 36.4 Å². The fourth-order valence-electron chi connectivity index (χ4n) is 4.70. The van der Waals surface area contributed by atoms with E-state index in [9.17, 15) is 22.8 Å². The number of furan rings is 1. The fourth-order valence-corrected chi connectivity index (χ4v) is 4.70. The summed E-state index contributed by atoms with van der Waals surface area (Å²) in [5.41, 5.74) is 2.02. The number of benzene rings is 2. The summed E-state index contributed by atoms with van der Waals surface area (Å²) in [6.07, 6.45) is -4.83. The van der Waals surface area contributed by atoms with Crippen LogP contribution in [0.15, 0.2) is 69.9 Å². The first-order chi connectivity index (χ1) is 20.4. The maximum Gasteiger partial charge on any atom is 0.389 e. The minimum Gasteiger partial charge on any atom is -0.437 e. The topological polar surface area (TPSA) is 123 Å². The second kappa shape index (κ2) is 11.3. The van der Waals surface area contributed by atoms with Crippen LogP contribution in [0.3, 0.4) is 0 Å². The molecular formula is C31H28F3N5O4. The Bertz CT molecular complexity index is 1790. The van der Waals surface area contributed by atoms with Crippen molar-refractivity contribution in [1.82, 2.24) is 25.8 Å². The van der Waals surface area contributed by atoms with Gasteiger partial charge in [0.05, 0.1) is 22.2 Å². The number of nitrogens with zero attached hydrogens (tertiary/aromatic N) is 3. The van der Waals surface area contributed by atoms with Crippen molar-refractivity contribution in [3.05, 3.63) is 89.2 Å². The van der Waals surface area contributed by atoms with Crippen molar-refractivity contribution in [2.45, 2.75) is 45.3 Å². The molecule has 0 aliphatic rings. The Balaban J connectivity index is 1.64. The molecule has 3 heterocycles. The summed E-state index contributed by atoms with van der Waals surface area (Å²) in [7, 11) is 1.48. The van der Waals surface area contributed by atoms with Gasteiger partial charge < -0.3 is 19.6 Å². The van der Waals surface area contributed by atoms with Crippen molar-refractivity contribution < 1.29 is 31.7 Å². The van der Waals surface area contributed by atoms with Crippen LogP contribution in [0, 0.1) is 6.92 Å². The van der Waals surface area contributed by atoms with E-state index in [-0.39, 0.29) is 34.1 Å². The molecule has 0 aliphatic heterocycles. The van der Waals surface area contributed by atoms with Crippen LogP contribution in [0.1, 0.15) is 58.1 Å². The Morgan fingerprint density at radius 1 is 0.977 bits per heavy atom. The minimum absolute atomic E-state index is 0.0332. The maximum atomic E-state index is 13.3. The van der Waals surface area contributed by atoms with Gasteiger partial charge >= 0.3 is 6.18 Å². The molecule has 2 aromatic carbocycles. The number of pyridine rings is 1. The summed E-state index contributed by atoms with van der Waals surface area (Å²) in [5, 5.41) is 9.58. The Morgan fingerprint density at radius 2 is 1.72 bits per heavy atom. The molecule has 2 N–H and O–H groups in total. The van der Waals surface area contributed by atoms with Gasteiger partial charge in [-0.1, -0.05) is 47.1 Å². The maximum absolute atomic E-state index is 13.3. The Hall–Kier alpha value is -5.00. The van der Waals surface area contributed by atoms with Crippen LogP contribution in [0.25, 0.3) is 33.6 Å². The molecule has 0 saturated carbocycles. The van der Waals surface area contributed by atoms with Crippen LogP contribution in [-0.4, -0.2) is 40.2 Å². The lowest BCUT2D eigenvalue weighted by Crippen LogP contribution is -2.41. The van der Waals surface area contributed by atoms with Crippen LogP contribution in [-0.2, 0) is 12.0 Å². The van der Waals surface area contributed by atoms with Crippen molar-refractivity contribution in [2.75, 3.05) is 7.05 Å². The third-order valence-corrected chi connectivity index (χ3v) is 6.96. The van der Waals surface area contributed by atoms with E-state index in [4.69, 9.17) is 8.94 Å². The van der Waals surface area contributed by atoms with Crippen LogP contribution >= 0.6 is 0 Å². The normalized spacial score (nSPS) is 12.0. The number of amides is 2. The van der Waals surface area contributed by atoms with Gasteiger partial charge in [-0.3, -0.25) is 9.59 Å². The Kier molecular flexibility index (Phi) is 7.78. The average Bonchev–Trinajstić information content (AvgIpc) is 3.64. The van der Waals surface area contributed by atoms with Crippen LogP contribution in [0.5, 0.6) is 0 Å². The minimum atomic E-state index is -4.43. The highest BCUT2D eigenvalue weighted by atomic mass is 19.4. The monoisotopic (exact) mass is 591 g/mol. The van der Waals surface area contributed by atoms with E-state index in [0.717, 1.165) is 12.0 Å². The average molecular weight is 592 g/mol. The highest BCUT2D eigenvalue weighted by Gasteiger charge is 2.30. The molecule has 0 atom stereocenters. The van der Waals surface area contributed by atoms with Crippen LogP contribution in [0.2, 0.25) is 0 Å². The number of nitrogens with one attached hydrogen (secondary N) is 2. The smallest absolute Gasteiger partial charge is 0.389 e. The van der Waals surface area contributed by atoms with Crippen molar-refractivity contribution in [3.8, 4) is 22.5 Å². The predicted molar refractivity (Wildman–Crippen MR) is 152 cm³/mol. The van der Waals surface area contributed by atoms with E-state index in [1.807, 2.05) is 19.1 Å². The van der Waals surface area contributed by atoms with E-state index >= 15 is 0 Å². The molecule has 3 aromatic heterocycles. The molecule has 0 unspecified atom stereocenters. The summed E-state index contributed by atoms with van der Waals surface area (Å²) >= 11 is 0. The number of carbonyl (C=O) groups is 2. The standard InChI is InChI=1S/C31H28F3N5O4/c1-17-8-10-18(11-9-17)25-24(27(41)35-4)22-15-21(23(37-28(22)43-25)12-13-31(32,33)34)19-6-5-7-20(14-19)26(40)38-30(2,3)29-36-16-42-39-29/h5-11,14-16H,12-13H2,1-4H3,(H,35,41)(H,38,40). The third kappa shape index (κ3) is 6.27. The van der Waals surface area contributed by atoms with Gasteiger partial charge in [-0.25, -0.2) is 4.98 Å². The number of rotatable bonds is 8. The summed E-state index contributed by atoms with van der Waals surface area (Å²) in [6.45, 7) is 5.33. The summed E-state index contributed by atoms with van der Waals surface area (Å²) in [4.78, 5) is 34.8. The first kappa shape index (κ1) is 29.5. The Labute approximate surface area is 244 Å². The molecule has 0 fully saturated rings. The molecule has 9 nitrogen and oxygen atoms in total. The molecule has 12 heteroatoms. The first-order valence-electron chi connectivity index (χ1n) is 13.4. The molecule has 222 valence electrons. The zero-order valence-electron chi connectivity index (χ0n) is 23.8. The van der Waals surface area contributed by atoms with E-state index in [0.29, 0.717) is 22.1 Å². The van der Waals surface area contributed by atoms with Gasteiger partial charge in [0.15, 0.2) is 5.82 Å². The van der Waals surface area contributed by atoms with Crippen molar-refractivity contribution in [2.24, 2.45) is 0 Å². The number of alkyl halides is 3. The van der Waals surface area contributed by atoms with Gasteiger partial charge in [-0.2, -0.15) is 18.2 Å². The largest absolute Gasteiger partial charge is 0.437 e. The lowest BCUT2D eigenvalue weighted by Gasteiger charge is -2.22. The van der Waals surface area contributed by atoms with Gasteiger partial charge in [0.1, 0.15) is 5.76 Å². The quantitative estimate of drug-likeness (QED) is 0.215. The summed E-state index contributed by atoms with van der Waals surface area (Å²) in [5.74, 6) is -0.384. The number of aryl methyl sites for hydroxylation is 2. The first-order valence-corrected chi connectivity index (χ1v) is 13.4. The molecule has 0 radical (unpaired) electrons. The SMILES string of the molecule is CNC(=O)c1c(-c2ccc(C)cc2)oc2nc(CCC(F)(F)F)c(-c3cccc(C(=O)NC(C)(C)c4ncon4)c3)cc12. The number of carbonyl (C=O) groups excluding carboxylic acids is 2. The molecule has 0 aliphatic carbocycles. The number of halogens is 3. The molecule has 43 heavy (non-hydrogen) atoms. The number of fused-ring (bicyclic) bond motifs is 1. The van der Waals surface area contributed by atoms with Gasteiger partial charge in [-0.15, -0.1) is 0 Å². The second-order valence-electron chi connectivity index (χ2n) is 10.6.